The molecule has 2 rings (SSSR count). The molecule has 0 atom stereocenters. The highest BCUT2D eigenvalue weighted by Crippen LogP contribution is 2.24. The third-order valence-electron chi connectivity index (χ3n) is 3.13. The zero-order chi connectivity index (χ0) is 14.9. The van der Waals surface area contributed by atoms with Crippen LogP contribution in [0.3, 0.4) is 0 Å². The largest absolute Gasteiger partial charge is 0.398 e. The molecule has 0 saturated heterocycles. The molecule has 5 heteroatoms. The number of hydrogen-bond acceptors (Lipinski definition) is 3. The van der Waals surface area contributed by atoms with Gasteiger partial charge in [0.15, 0.2) is 9.84 Å². The van der Waals surface area contributed by atoms with E-state index in [0.717, 1.165) is 11.6 Å². The van der Waals surface area contributed by atoms with E-state index in [4.69, 9.17) is 5.73 Å². The van der Waals surface area contributed by atoms with Crippen LogP contribution in [0.15, 0.2) is 41.3 Å². The van der Waals surface area contributed by atoms with Crippen molar-refractivity contribution in [2.45, 2.75) is 24.5 Å². The normalized spacial score (nSPS) is 11.6. The Bertz CT molecular complexity index is 754. The molecule has 0 aliphatic carbocycles. The second-order valence-electron chi connectivity index (χ2n) is 4.87. The average Bonchev–Trinajstić information content (AvgIpc) is 2.35. The maximum absolute atomic E-state index is 13.0. The lowest BCUT2D eigenvalue weighted by molar-refractivity contribution is 0.594. The zero-order valence-electron chi connectivity index (χ0n) is 11.4. The number of nitrogen functional groups attached to an aromatic ring is 1. The first kappa shape index (κ1) is 14.5. The maximum atomic E-state index is 13.0. The molecule has 2 aromatic carbocycles. The molecule has 0 bridgehead atoms. The predicted octanol–water partition coefficient (Wildman–Crippen LogP) is 3.00. The number of halogens is 1. The quantitative estimate of drug-likeness (QED) is 0.885. The van der Waals surface area contributed by atoms with Crippen molar-refractivity contribution >= 4 is 15.5 Å². The van der Waals surface area contributed by atoms with Crippen molar-refractivity contribution in [2.24, 2.45) is 0 Å². The van der Waals surface area contributed by atoms with Crippen LogP contribution < -0.4 is 5.73 Å². The van der Waals surface area contributed by atoms with Crippen molar-refractivity contribution in [3.63, 3.8) is 0 Å². The van der Waals surface area contributed by atoms with Crippen LogP contribution in [-0.4, -0.2) is 8.42 Å². The van der Waals surface area contributed by atoms with E-state index in [1.54, 1.807) is 19.1 Å². The van der Waals surface area contributed by atoms with Crippen molar-refractivity contribution in [2.75, 3.05) is 5.73 Å². The highest BCUT2D eigenvalue weighted by Gasteiger charge is 2.19. The van der Waals surface area contributed by atoms with E-state index >= 15 is 0 Å². The Balaban J connectivity index is 2.43. The van der Waals surface area contributed by atoms with E-state index in [2.05, 4.69) is 0 Å². The summed E-state index contributed by atoms with van der Waals surface area (Å²) >= 11 is 0. The van der Waals surface area contributed by atoms with Crippen molar-refractivity contribution in [3.05, 3.63) is 58.9 Å². The number of hydrogen-bond donors (Lipinski definition) is 1. The second-order valence-corrected chi connectivity index (χ2v) is 6.83. The van der Waals surface area contributed by atoms with Gasteiger partial charge in [0.2, 0.25) is 0 Å². The van der Waals surface area contributed by atoms with Gasteiger partial charge in [0.05, 0.1) is 10.6 Å². The lowest BCUT2D eigenvalue weighted by Crippen LogP contribution is -2.09. The van der Waals surface area contributed by atoms with Crippen molar-refractivity contribution in [3.8, 4) is 0 Å². The van der Waals surface area contributed by atoms with Gasteiger partial charge in [-0.3, -0.25) is 0 Å². The van der Waals surface area contributed by atoms with E-state index in [9.17, 15) is 12.8 Å². The second kappa shape index (κ2) is 5.25. The van der Waals surface area contributed by atoms with Gasteiger partial charge in [-0.2, -0.15) is 0 Å². The maximum Gasteiger partial charge on any atom is 0.182 e. The van der Waals surface area contributed by atoms with Crippen LogP contribution in [0.2, 0.25) is 0 Å². The smallest absolute Gasteiger partial charge is 0.182 e. The van der Waals surface area contributed by atoms with Crippen LogP contribution in [0, 0.1) is 19.7 Å². The Hall–Kier alpha value is -1.88. The lowest BCUT2D eigenvalue weighted by Gasteiger charge is -2.10. The van der Waals surface area contributed by atoms with Crippen LogP contribution in [0.4, 0.5) is 10.1 Å². The van der Waals surface area contributed by atoms with Gasteiger partial charge in [0, 0.05) is 5.69 Å². The Labute approximate surface area is 118 Å². The fraction of sp³-hybridized carbons (Fsp3) is 0.200. The number of sulfone groups is 1. The minimum absolute atomic E-state index is 0.152. The number of nitrogens with two attached hydrogens (primary N) is 1. The lowest BCUT2D eigenvalue weighted by atomic mass is 10.2. The molecule has 0 spiro atoms. The molecule has 0 aromatic heterocycles. The van der Waals surface area contributed by atoms with Crippen LogP contribution in [0.5, 0.6) is 0 Å². The molecule has 106 valence electrons. The molecule has 2 aromatic rings. The van der Waals surface area contributed by atoms with Gasteiger partial charge >= 0.3 is 0 Å². The summed E-state index contributed by atoms with van der Waals surface area (Å²) < 4.78 is 37.9. The average molecular weight is 293 g/mol. The van der Waals surface area contributed by atoms with Crippen molar-refractivity contribution in [1.82, 2.24) is 0 Å². The third-order valence-corrected chi connectivity index (χ3v) is 4.93. The van der Waals surface area contributed by atoms with Crippen LogP contribution in [0.1, 0.15) is 16.7 Å². The predicted molar refractivity (Wildman–Crippen MR) is 77.6 cm³/mol. The van der Waals surface area contributed by atoms with E-state index in [0.29, 0.717) is 16.0 Å². The molecular formula is C15H16FNO2S. The topological polar surface area (TPSA) is 60.2 Å². The van der Waals surface area contributed by atoms with Gasteiger partial charge in [0.25, 0.3) is 0 Å². The highest BCUT2D eigenvalue weighted by atomic mass is 32.2. The van der Waals surface area contributed by atoms with Crippen LogP contribution in [-0.2, 0) is 15.6 Å². The summed E-state index contributed by atoms with van der Waals surface area (Å²) in [5.41, 5.74) is 7.80. The minimum atomic E-state index is -3.50. The van der Waals surface area contributed by atoms with E-state index < -0.39 is 15.7 Å². The summed E-state index contributed by atoms with van der Waals surface area (Å²) in [6.07, 6.45) is 0. The Kier molecular flexibility index (Phi) is 3.81. The number of aryl methyl sites for hydroxylation is 2. The van der Waals surface area contributed by atoms with Gasteiger partial charge in [-0.1, -0.05) is 18.2 Å². The van der Waals surface area contributed by atoms with E-state index in [-0.39, 0.29) is 11.4 Å². The van der Waals surface area contributed by atoms with Gasteiger partial charge in [-0.15, -0.1) is 0 Å². The van der Waals surface area contributed by atoms with Gasteiger partial charge in [-0.05, 0) is 48.7 Å². The molecule has 0 saturated carbocycles. The summed E-state index contributed by atoms with van der Waals surface area (Å²) in [4.78, 5) is 0.293. The Morgan fingerprint density at radius 3 is 2.45 bits per heavy atom. The molecule has 2 N–H and O–H groups in total. The van der Waals surface area contributed by atoms with Crippen LogP contribution in [0.25, 0.3) is 0 Å². The molecule has 0 heterocycles. The summed E-state index contributed by atoms with van der Waals surface area (Å²) in [6.45, 7) is 3.59. The number of anilines is 1. The first-order valence-corrected chi connectivity index (χ1v) is 7.79. The first-order valence-electron chi connectivity index (χ1n) is 6.13. The van der Waals surface area contributed by atoms with Gasteiger partial charge in [-0.25, -0.2) is 12.8 Å². The first-order chi connectivity index (χ1) is 9.29. The molecule has 0 fully saturated rings. The molecule has 0 aliphatic rings. The SMILES string of the molecule is Cc1ccc(C)c(S(=O)(=O)Cc2ccc(F)cc2N)c1. The van der Waals surface area contributed by atoms with Gasteiger partial charge in [0.1, 0.15) is 5.82 Å². The van der Waals surface area contributed by atoms with Crippen molar-refractivity contribution in [1.29, 1.82) is 0 Å². The summed E-state index contributed by atoms with van der Waals surface area (Å²) in [5, 5.41) is 0. The molecule has 0 amide bonds. The zero-order valence-corrected chi connectivity index (χ0v) is 12.2. The summed E-state index contributed by atoms with van der Waals surface area (Å²) in [6, 6.07) is 9.03. The van der Waals surface area contributed by atoms with Gasteiger partial charge < -0.3 is 5.73 Å². The van der Waals surface area contributed by atoms with Crippen molar-refractivity contribution < 1.29 is 12.8 Å². The molecule has 3 nitrogen and oxygen atoms in total. The number of benzene rings is 2. The van der Waals surface area contributed by atoms with Crippen LogP contribution >= 0.6 is 0 Å². The Morgan fingerprint density at radius 1 is 1.10 bits per heavy atom. The molecule has 20 heavy (non-hydrogen) atoms. The third kappa shape index (κ3) is 2.99. The molecule has 0 unspecified atom stereocenters. The summed E-state index contributed by atoms with van der Waals surface area (Å²) in [5.74, 6) is -0.709. The monoisotopic (exact) mass is 293 g/mol. The van der Waals surface area contributed by atoms with E-state index in [1.165, 1.54) is 12.1 Å². The Morgan fingerprint density at radius 2 is 1.80 bits per heavy atom. The molecular weight excluding hydrogens is 277 g/mol. The fourth-order valence-corrected chi connectivity index (χ4v) is 3.77. The molecule has 0 aliphatic heterocycles. The number of rotatable bonds is 3. The minimum Gasteiger partial charge on any atom is -0.398 e. The van der Waals surface area contributed by atoms with E-state index in [1.807, 2.05) is 13.0 Å². The highest BCUT2D eigenvalue weighted by molar-refractivity contribution is 7.90. The fourth-order valence-electron chi connectivity index (χ4n) is 2.02. The molecule has 0 radical (unpaired) electrons. The summed E-state index contributed by atoms with van der Waals surface area (Å²) in [7, 11) is -3.50. The standard InChI is InChI=1S/C15H16FNO2S/c1-10-3-4-11(2)15(7-10)20(18,19)9-12-5-6-13(16)8-14(12)17/h3-8H,9,17H2,1-2H3.